The van der Waals surface area contributed by atoms with Crippen LogP contribution in [0.4, 0.5) is 5.69 Å². The van der Waals surface area contributed by atoms with Crippen molar-refractivity contribution in [1.82, 2.24) is 10.3 Å². The van der Waals surface area contributed by atoms with Gasteiger partial charge in [0.1, 0.15) is 5.70 Å². The summed E-state index contributed by atoms with van der Waals surface area (Å²) >= 11 is 1.48. The van der Waals surface area contributed by atoms with Crippen molar-refractivity contribution in [1.29, 1.82) is 0 Å². The molecule has 0 aromatic heterocycles. The normalized spacial score (nSPS) is 17.6. The number of fused-ring (bicyclic) bond motifs is 2. The van der Waals surface area contributed by atoms with Crippen molar-refractivity contribution in [2.24, 2.45) is 10.1 Å². The van der Waals surface area contributed by atoms with E-state index in [-0.39, 0.29) is 11.6 Å². The molecule has 148 valence electrons. The molecular formula is C20H19N5O3S. The molecule has 0 fully saturated rings. The van der Waals surface area contributed by atoms with Crippen molar-refractivity contribution in [2.45, 2.75) is 25.9 Å². The number of nitro benzene ring substituents is 1. The van der Waals surface area contributed by atoms with Crippen molar-refractivity contribution < 1.29 is 9.72 Å². The molecule has 2 heterocycles. The Morgan fingerprint density at radius 1 is 1.24 bits per heavy atom. The summed E-state index contributed by atoms with van der Waals surface area (Å²) in [5.74, 6) is 0.588. The van der Waals surface area contributed by atoms with E-state index in [1.807, 2.05) is 24.3 Å². The lowest BCUT2D eigenvalue weighted by Crippen LogP contribution is -2.50. The van der Waals surface area contributed by atoms with Gasteiger partial charge in [0.15, 0.2) is 11.3 Å². The van der Waals surface area contributed by atoms with Crippen LogP contribution < -0.4 is 15.9 Å². The van der Waals surface area contributed by atoms with Crippen LogP contribution in [-0.2, 0) is 4.79 Å². The molecule has 9 heteroatoms. The number of nitro groups is 1. The first-order chi connectivity index (χ1) is 14.1. The molecule has 2 aliphatic rings. The molecule has 29 heavy (non-hydrogen) atoms. The summed E-state index contributed by atoms with van der Waals surface area (Å²) in [5.41, 5.74) is 0.968. The Hall–Kier alpha value is -3.20. The predicted molar refractivity (Wildman–Crippen MR) is 111 cm³/mol. The highest BCUT2D eigenvalue weighted by molar-refractivity contribution is 8.13. The van der Waals surface area contributed by atoms with Gasteiger partial charge in [0, 0.05) is 28.7 Å². The molecule has 0 unspecified atom stereocenters. The first-order valence-corrected chi connectivity index (χ1v) is 10.3. The number of para-hydroxylation sites is 1. The maximum absolute atomic E-state index is 13.0. The van der Waals surface area contributed by atoms with Crippen LogP contribution in [0.5, 0.6) is 0 Å². The standard InChI is InChI=1S/C20H19N5O3S/c1-2-3-11-29-20-22-19(26)17-15-9-4-5-10-16(15)21-18(24(17)23-20)13-7-6-8-14(12-13)25(27)28/h4-10,12,18H,2-3,11H2,1H3,(H,22,23,26)/t18-/m1/s1. The zero-order valence-electron chi connectivity index (χ0n) is 15.7. The number of amidine groups is 1. The van der Waals surface area contributed by atoms with E-state index in [1.54, 1.807) is 17.1 Å². The molecule has 2 aromatic carbocycles. The van der Waals surface area contributed by atoms with Gasteiger partial charge >= 0.3 is 0 Å². The summed E-state index contributed by atoms with van der Waals surface area (Å²) in [6.07, 6.45) is 1.40. The number of carbonyl (C=O) groups is 1. The van der Waals surface area contributed by atoms with Gasteiger partial charge in [-0.25, -0.2) is 5.01 Å². The minimum Gasteiger partial charge on any atom is -0.298 e. The molecule has 0 spiro atoms. The molecule has 0 saturated carbocycles. The summed E-state index contributed by atoms with van der Waals surface area (Å²) in [7, 11) is 0. The number of benzene rings is 2. The maximum atomic E-state index is 13.0. The minimum atomic E-state index is -0.660. The molecular weight excluding hydrogens is 390 g/mol. The minimum absolute atomic E-state index is 0.0268. The molecule has 1 amide bonds. The number of hydrogen-bond acceptors (Lipinski definition) is 7. The lowest BCUT2D eigenvalue weighted by molar-refractivity contribution is -0.384. The quantitative estimate of drug-likeness (QED) is 0.464. The molecule has 0 bridgehead atoms. The fourth-order valence-corrected chi connectivity index (χ4v) is 4.16. The van der Waals surface area contributed by atoms with Gasteiger partial charge in [-0.1, -0.05) is 55.4 Å². The second-order valence-electron chi connectivity index (χ2n) is 6.63. The summed E-state index contributed by atoms with van der Waals surface area (Å²) in [5, 5.41) is 22.2. The Morgan fingerprint density at radius 3 is 2.86 bits per heavy atom. The van der Waals surface area contributed by atoms with Crippen LogP contribution in [0.1, 0.15) is 31.5 Å². The monoisotopic (exact) mass is 409 g/mol. The first-order valence-electron chi connectivity index (χ1n) is 9.32. The molecule has 1 N–H and O–H groups in total. The number of carbonyl (C=O) groups excluding carboxylic acids is 1. The summed E-state index contributed by atoms with van der Waals surface area (Å²) < 4.78 is 0. The van der Waals surface area contributed by atoms with Crippen LogP contribution in [0, 0.1) is 10.1 Å². The fourth-order valence-electron chi connectivity index (χ4n) is 3.22. The number of amides is 1. The van der Waals surface area contributed by atoms with Crippen LogP contribution >= 0.6 is 11.8 Å². The van der Waals surface area contributed by atoms with Crippen molar-refractivity contribution in [2.75, 3.05) is 5.75 Å². The van der Waals surface area contributed by atoms with E-state index in [1.165, 1.54) is 23.9 Å². The van der Waals surface area contributed by atoms with Crippen LogP contribution in [0.3, 0.4) is 0 Å². The van der Waals surface area contributed by atoms with Gasteiger partial charge in [0.2, 0.25) is 0 Å². The zero-order chi connectivity index (χ0) is 20.4. The van der Waals surface area contributed by atoms with E-state index < -0.39 is 11.1 Å². The largest absolute Gasteiger partial charge is 0.298 e. The Kier molecular flexibility index (Phi) is 5.30. The highest BCUT2D eigenvalue weighted by Crippen LogP contribution is 2.32. The molecule has 2 aromatic rings. The topological polar surface area (TPSA) is 100 Å². The van der Waals surface area contributed by atoms with E-state index in [4.69, 9.17) is 4.99 Å². The van der Waals surface area contributed by atoms with E-state index in [0.29, 0.717) is 27.0 Å². The van der Waals surface area contributed by atoms with Crippen LogP contribution in [0.2, 0.25) is 0 Å². The Labute approximate surface area is 171 Å². The maximum Gasteiger partial charge on any atom is 0.276 e. The van der Waals surface area contributed by atoms with Crippen molar-refractivity contribution in [3.63, 3.8) is 0 Å². The van der Waals surface area contributed by atoms with Crippen molar-refractivity contribution >= 4 is 34.2 Å². The van der Waals surface area contributed by atoms with Crippen molar-refractivity contribution in [3.8, 4) is 0 Å². The Bertz CT molecular complexity index is 1130. The molecule has 1 atom stereocenters. The second-order valence-corrected chi connectivity index (χ2v) is 7.71. The summed E-state index contributed by atoms with van der Waals surface area (Å²) in [6, 6.07) is 13.6. The summed E-state index contributed by atoms with van der Waals surface area (Å²) in [6.45, 7) is 2.10. The van der Waals surface area contributed by atoms with E-state index in [9.17, 15) is 14.9 Å². The highest BCUT2D eigenvalue weighted by atomic mass is 32.2. The van der Waals surface area contributed by atoms with Gasteiger partial charge in [-0.3, -0.25) is 25.2 Å². The predicted octanol–water partition coefficient (Wildman–Crippen LogP) is 2.27. The van der Waals surface area contributed by atoms with Crippen LogP contribution in [-0.4, -0.2) is 26.8 Å². The smallest absolute Gasteiger partial charge is 0.276 e. The van der Waals surface area contributed by atoms with Gasteiger partial charge in [-0.2, -0.15) is 0 Å². The van der Waals surface area contributed by atoms with Crippen LogP contribution in [0.25, 0.3) is 5.70 Å². The van der Waals surface area contributed by atoms with E-state index >= 15 is 0 Å². The third-order valence-electron chi connectivity index (χ3n) is 4.63. The number of thioether (sulfide) groups is 1. The van der Waals surface area contributed by atoms with Gasteiger partial charge in [-0.05, 0) is 12.5 Å². The number of nitrogens with one attached hydrogen (secondary N) is 1. The molecule has 0 radical (unpaired) electrons. The molecule has 2 aliphatic heterocycles. The van der Waals surface area contributed by atoms with Gasteiger partial charge in [0.05, 0.1) is 10.3 Å². The lowest BCUT2D eigenvalue weighted by Gasteiger charge is -2.34. The fraction of sp³-hybridized carbons (Fsp3) is 0.250. The molecule has 0 saturated heterocycles. The number of unbranched alkanes of at least 4 members (excludes halogenated alkanes) is 1. The first kappa shape index (κ1) is 19.1. The number of hydrogen-bond donors (Lipinski definition) is 1. The number of nitrogens with zero attached hydrogens (tertiary/aromatic N) is 4. The third-order valence-corrected chi connectivity index (χ3v) is 5.58. The van der Waals surface area contributed by atoms with Crippen molar-refractivity contribution in [3.05, 3.63) is 74.8 Å². The Balaban J connectivity index is 1.84. The highest BCUT2D eigenvalue weighted by Gasteiger charge is 2.34. The van der Waals surface area contributed by atoms with Gasteiger partial charge < -0.3 is 0 Å². The van der Waals surface area contributed by atoms with Gasteiger partial charge in [0.25, 0.3) is 11.6 Å². The lowest BCUT2D eigenvalue weighted by atomic mass is 10.1. The average molecular weight is 409 g/mol. The number of non-ortho nitro benzene ring substituents is 1. The molecule has 0 aliphatic carbocycles. The zero-order valence-corrected chi connectivity index (χ0v) is 16.6. The average Bonchev–Trinajstić information content (AvgIpc) is 2.73. The molecule has 8 nitrogen and oxygen atoms in total. The SMILES string of the molecule is CCCCSC1=NN2C(=c3ccccc3=N[C@H]2c2cccc([N+](=O)[O-])c2)C(=O)N1. The second kappa shape index (κ2) is 8.04. The molecule has 4 rings (SSSR count). The van der Waals surface area contributed by atoms with E-state index in [2.05, 4.69) is 17.3 Å². The summed E-state index contributed by atoms with van der Waals surface area (Å²) in [4.78, 5) is 28.5. The number of hydrazone groups is 1. The van der Waals surface area contributed by atoms with E-state index in [0.717, 1.165) is 18.6 Å². The third kappa shape index (κ3) is 3.73. The number of rotatable bonds is 5. The van der Waals surface area contributed by atoms with Crippen LogP contribution in [0.15, 0.2) is 58.6 Å². The van der Waals surface area contributed by atoms with Gasteiger partial charge in [-0.15, -0.1) is 5.10 Å². The Morgan fingerprint density at radius 2 is 2.07 bits per heavy atom.